The first-order valence-corrected chi connectivity index (χ1v) is 9.40. The summed E-state index contributed by atoms with van der Waals surface area (Å²) in [6.45, 7) is 4.83. The molecule has 1 N–H and O–H groups in total. The second-order valence-corrected chi connectivity index (χ2v) is 7.24. The fraction of sp³-hybridized carbons (Fsp3) is 0.588. The number of likely N-dealkylation sites (tertiary alicyclic amines) is 1. The normalized spacial score (nSPS) is 17.7. The van der Waals surface area contributed by atoms with Gasteiger partial charge in [0.1, 0.15) is 10.7 Å². The van der Waals surface area contributed by atoms with Gasteiger partial charge in [0.25, 0.3) is 5.91 Å². The molecule has 1 amide bonds. The van der Waals surface area contributed by atoms with Gasteiger partial charge in [0, 0.05) is 52.1 Å². The van der Waals surface area contributed by atoms with Gasteiger partial charge in [-0.1, -0.05) is 11.3 Å². The maximum absolute atomic E-state index is 12.9. The van der Waals surface area contributed by atoms with Crippen molar-refractivity contribution in [3.63, 3.8) is 0 Å². The van der Waals surface area contributed by atoms with Crippen molar-refractivity contribution in [3.05, 3.63) is 28.8 Å². The minimum Gasteiger partial charge on any atom is -0.383 e. The number of imidazole rings is 1. The van der Waals surface area contributed by atoms with Crippen LogP contribution in [0.4, 0.5) is 5.13 Å². The van der Waals surface area contributed by atoms with Crippen LogP contribution in [0, 0.1) is 6.92 Å². The molecule has 0 radical (unpaired) electrons. The molecule has 0 spiro atoms. The number of thiazole rings is 1. The van der Waals surface area contributed by atoms with Crippen molar-refractivity contribution >= 4 is 22.4 Å². The molecule has 1 atom stereocenters. The van der Waals surface area contributed by atoms with E-state index >= 15 is 0 Å². The van der Waals surface area contributed by atoms with Crippen molar-refractivity contribution in [1.29, 1.82) is 0 Å². The van der Waals surface area contributed by atoms with Gasteiger partial charge in [0.15, 0.2) is 5.13 Å². The zero-order valence-corrected chi connectivity index (χ0v) is 15.8. The molecule has 0 aliphatic carbocycles. The highest BCUT2D eigenvalue weighted by molar-refractivity contribution is 7.17. The first-order valence-electron chi connectivity index (χ1n) is 8.58. The van der Waals surface area contributed by atoms with E-state index in [0.717, 1.165) is 47.5 Å². The molecule has 0 aromatic carbocycles. The number of nitrogens with zero attached hydrogens (tertiary/aromatic N) is 4. The van der Waals surface area contributed by atoms with Crippen molar-refractivity contribution in [2.24, 2.45) is 0 Å². The Hall–Kier alpha value is -1.93. The SMILES string of the molecule is CNc1nc(C)c(C(=O)N2CCC[C@@H](c3nccn3CCOC)C2)s1. The summed E-state index contributed by atoms with van der Waals surface area (Å²) in [5.74, 6) is 1.39. The summed E-state index contributed by atoms with van der Waals surface area (Å²) in [5.41, 5.74) is 0.795. The molecular weight excluding hydrogens is 338 g/mol. The lowest BCUT2D eigenvalue weighted by molar-refractivity contribution is 0.0706. The van der Waals surface area contributed by atoms with Crippen molar-refractivity contribution in [2.75, 3.05) is 39.2 Å². The average Bonchev–Trinajstić information content (AvgIpc) is 3.25. The molecule has 7 nitrogen and oxygen atoms in total. The molecule has 2 aromatic heterocycles. The second-order valence-electron chi connectivity index (χ2n) is 6.25. The Kier molecular flexibility index (Phi) is 5.70. The minimum absolute atomic E-state index is 0.0798. The van der Waals surface area contributed by atoms with Gasteiger partial charge in [0.2, 0.25) is 0 Å². The molecule has 1 saturated heterocycles. The fourth-order valence-electron chi connectivity index (χ4n) is 3.28. The van der Waals surface area contributed by atoms with Gasteiger partial charge in [-0.25, -0.2) is 9.97 Å². The zero-order chi connectivity index (χ0) is 17.8. The Bertz CT molecular complexity index is 726. The molecule has 1 fully saturated rings. The topological polar surface area (TPSA) is 72.3 Å². The number of hydrogen-bond donors (Lipinski definition) is 1. The number of piperidine rings is 1. The van der Waals surface area contributed by atoms with Gasteiger partial charge in [-0.05, 0) is 19.8 Å². The molecule has 25 heavy (non-hydrogen) atoms. The van der Waals surface area contributed by atoms with E-state index in [1.807, 2.05) is 31.3 Å². The molecular formula is C17H25N5O2S. The van der Waals surface area contributed by atoms with Crippen LogP contribution in [0.2, 0.25) is 0 Å². The van der Waals surface area contributed by atoms with Crippen LogP contribution in [0.1, 0.15) is 39.9 Å². The van der Waals surface area contributed by atoms with Crippen LogP contribution in [0.15, 0.2) is 12.4 Å². The number of anilines is 1. The summed E-state index contributed by atoms with van der Waals surface area (Å²) in [6.07, 6.45) is 5.86. The van der Waals surface area contributed by atoms with Crippen molar-refractivity contribution in [3.8, 4) is 0 Å². The molecule has 2 aromatic rings. The Labute approximate surface area is 152 Å². The molecule has 0 unspecified atom stereocenters. The number of aromatic nitrogens is 3. The van der Waals surface area contributed by atoms with Crippen LogP contribution < -0.4 is 5.32 Å². The van der Waals surface area contributed by atoms with Gasteiger partial charge in [0.05, 0.1) is 12.3 Å². The number of rotatable bonds is 6. The second kappa shape index (κ2) is 7.97. The number of methoxy groups -OCH3 is 1. The highest BCUT2D eigenvalue weighted by Crippen LogP contribution is 2.29. The van der Waals surface area contributed by atoms with E-state index in [0.29, 0.717) is 13.2 Å². The first-order chi connectivity index (χ1) is 12.1. The van der Waals surface area contributed by atoms with Crippen molar-refractivity contribution in [2.45, 2.75) is 32.2 Å². The monoisotopic (exact) mass is 363 g/mol. The minimum atomic E-state index is 0.0798. The third-order valence-corrected chi connectivity index (χ3v) is 5.73. The Morgan fingerprint density at radius 3 is 3.08 bits per heavy atom. The number of carbonyl (C=O) groups is 1. The quantitative estimate of drug-likeness (QED) is 0.853. The molecule has 3 heterocycles. The highest BCUT2D eigenvalue weighted by atomic mass is 32.1. The van der Waals surface area contributed by atoms with Gasteiger partial charge >= 0.3 is 0 Å². The molecule has 0 saturated carbocycles. The van der Waals surface area contributed by atoms with Crippen LogP contribution in [0.25, 0.3) is 0 Å². The van der Waals surface area contributed by atoms with Gasteiger partial charge in [-0.15, -0.1) is 0 Å². The van der Waals surface area contributed by atoms with E-state index in [9.17, 15) is 4.79 Å². The lowest BCUT2D eigenvalue weighted by Gasteiger charge is -2.32. The summed E-state index contributed by atoms with van der Waals surface area (Å²) in [6, 6.07) is 0. The number of aryl methyl sites for hydroxylation is 1. The van der Waals surface area contributed by atoms with Crippen LogP contribution in [-0.4, -0.2) is 59.2 Å². The third kappa shape index (κ3) is 3.85. The number of carbonyl (C=O) groups excluding carboxylic acids is 1. The predicted octanol–water partition coefficient (Wildman–Crippen LogP) is 2.36. The molecule has 8 heteroatoms. The van der Waals surface area contributed by atoms with E-state index in [2.05, 4.69) is 19.9 Å². The van der Waals surface area contributed by atoms with E-state index < -0.39 is 0 Å². The largest absolute Gasteiger partial charge is 0.383 e. The summed E-state index contributed by atoms with van der Waals surface area (Å²) in [4.78, 5) is 24.6. The summed E-state index contributed by atoms with van der Waals surface area (Å²) >= 11 is 1.42. The fourth-order valence-corrected chi connectivity index (χ4v) is 4.16. The standard InChI is InChI=1S/C17H25N5O2S/c1-12-14(25-17(18-2)20-12)16(23)22-7-4-5-13(11-22)15-19-6-8-21(15)9-10-24-3/h6,8,13H,4-5,7,9-11H2,1-3H3,(H,18,20)/t13-/m1/s1. The smallest absolute Gasteiger partial charge is 0.265 e. The predicted molar refractivity (Wildman–Crippen MR) is 98.4 cm³/mol. The van der Waals surface area contributed by atoms with Crippen LogP contribution in [-0.2, 0) is 11.3 Å². The third-order valence-electron chi connectivity index (χ3n) is 4.56. The lowest BCUT2D eigenvalue weighted by atomic mass is 9.97. The van der Waals surface area contributed by atoms with Crippen molar-refractivity contribution < 1.29 is 9.53 Å². The maximum atomic E-state index is 12.9. The Balaban J connectivity index is 1.73. The van der Waals surface area contributed by atoms with E-state index in [1.54, 1.807) is 7.11 Å². The van der Waals surface area contributed by atoms with E-state index in [4.69, 9.17) is 4.74 Å². The molecule has 1 aliphatic heterocycles. The Morgan fingerprint density at radius 1 is 1.52 bits per heavy atom. The summed E-state index contributed by atoms with van der Waals surface area (Å²) in [7, 11) is 3.53. The highest BCUT2D eigenvalue weighted by Gasteiger charge is 2.29. The Morgan fingerprint density at radius 2 is 2.36 bits per heavy atom. The van der Waals surface area contributed by atoms with E-state index in [-0.39, 0.29) is 11.8 Å². The molecule has 136 valence electrons. The van der Waals surface area contributed by atoms with Crippen LogP contribution in [0.3, 0.4) is 0 Å². The van der Waals surface area contributed by atoms with Crippen LogP contribution in [0.5, 0.6) is 0 Å². The first kappa shape index (κ1) is 17.9. The zero-order valence-electron chi connectivity index (χ0n) is 15.0. The average molecular weight is 363 g/mol. The molecule has 1 aliphatic rings. The number of amides is 1. The molecule has 0 bridgehead atoms. The van der Waals surface area contributed by atoms with E-state index in [1.165, 1.54) is 11.3 Å². The van der Waals surface area contributed by atoms with Gasteiger partial charge < -0.3 is 19.5 Å². The van der Waals surface area contributed by atoms with Crippen LogP contribution >= 0.6 is 11.3 Å². The summed E-state index contributed by atoms with van der Waals surface area (Å²) < 4.78 is 7.31. The lowest BCUT2D eigenvalue weighted by Crippen LogP contribution is -2.39. The van der Waals surface area contributed by atoms with Gasteiger partial charge in [-0.2, -0.15) is 0 Å². The van der Waals surface area contributed by atoms with Crippen molar-refractivity contribution in [1.82, 2.24) is 19.4 Å². The molecule has 3 rings (SSSR count). The van der Waals surface area contributed by atoms with Gasteiger partial charge in [-0.3, -0.25) is 4.79 Å². The number of nitrogens with one attached hydrogen (secondary N) is 1. The number of ether oxygens (including phenoxy) is 1. The number of hydrogen-bond acceptors (Lipinski definition) is 6. The maximum Gasteiger partial charge on any atom is 0.265 e. The summed E-state index contributed by atoms with van der Waals surface area (Å²) in [5, 5.41) is 3.80.